The van der Waals surface area contributed by atoms with Crippen LogP contribution in [-0.2, 0) is 0 Å². The summed E-state index contributed by atoms with van der Waals surface area (Å²) < 4.78 is 0. The Morgan fingerprint density at radius 1 is 1.00 bits per heavy atom. The summed E-state index contributed by atoms with van der Waals surface area (Å²) in [4.78, 5) is 21.7. The standard InChI is InChI=1S/Cs.H3O3P.H/c;1-4(2)3;/h;1-3H;. The fourth-order valence-corrected chi connectivity index (χ4v) is 0. The minimum absolute atomic E-state index is 0. The molecule has 0 amide bonds. The molecule has 0 aromatic rings. The molecule has 5 heteroatoms. The Kier molecular flexibility index (Phi) is 13.2. The number of hydrogen-bond acceptors (Lipinski definition) is 3. The van der Waals surface area contributed by atoms with Crippen LogP contribution in [-0.4, -0.2) is 83.6 Å². The van der Waals surface area contributed by atoms with Crippen molar-refractivity contribution in [1.29, 1.82) is 0 Å². The van der Waals surface area contributed by atoms with Gasteiger partial charge in [0.05, 0.1) is 0 Å². The van der Waals surface area contributed by atoms with Crippen LogP contribution >= 0.6 is 8.60 Å². The Balaban J connectivity index is 0. The second kappa shape index (κ2) is 6.36. The summed E-state index contributed by atoms with van der Waals surface area (Å²) in [6.45, 7) is 0. The summed E-state index contributed by atoms with van der Waals surface area (Å²) >= 11 is 0. The zero-order valence-corrected chi connectivity index (χ0v) is 2.68. The van der Waals surface area contributed by atoms with Crippen LogP contribution in [0.4, 0.5) is 0 Å². The number of rotatable bonds is 0. The molecule has 0 saturated carbocycles. The summed E-state index contributed by atoms with van der Waals surface area (Å²) in [7, 11) is -2.62. The van der Waals surface area contributed by atoms with Crippen molar-refractivity contribution in [3.63, 3.8) is 0 Å². The molecule has 3 N–H and O–H groups in total. The average molecular weight is 216 g/mol. The molecule has 0 unspecified atom stereocenters. The van der Waals surface area contributed by atoms with Gasteiger partial charge in [0.1, 0.15) is 0 Å². The Bertz CT molecular complexity index is 11.6. The Labute approximate surface area is 89.8 Å². The van der Waals surface area contributed by atoms with E-state index >= 15 is 0 Å². The first-order valence-electron chi connectivity index (χ1n) is 0.600. The van der Waals surface area contributed by atoms with E-state index in [1.165, 1.54) is 0 Å². The third kappa shape index (κ3) is 21.7. The number of hydrogen-bond donors (Lipinski definition) is 3. The molecular weight excluding hydrogens is 212 g/mol. The quantitative estimate of drug-likeness (QED) is 0.433. The Hall–Kier alpha value is 2.36. The summed E-state index contributed by atoms with van der Waals surface area (Å²) in [6.07, 6.45) is 0. The maximum atomic E-state index is 7.23. The molecule has 0 saturated heterocycles. The SMILES string of the molecule is OP(O)O.[CsH]. The fourth-order valence-electron chi connectivity index (χ4n) is 0. The minimum atomic E-state index is -2.62. The van der Waals surface area contributed by atoms with Crippen LogP contribution in [0.25, 0.3) is 0 Å². The molecule has 0 aliphatic carbocycles. The first-order chi connectivity index (χ1) is 1.73. The predicted molar refractivity (Wildman–Crippen MR) is 20.7 cm³/mol. The summed E-state index contributed by atoms with van der Waals surface area (Å²) in [6, 6.07) is 0. The molecular formula is H4CsO3P. The van der Waals surface area contributed by atoms with Crippen molar-refractivity contribution in [2.75, 3.05) is 0 Å². The molecule has 0 fully saturated rings. The third-order valence-electron chi connectivity index (χ3n) is 0. The fraction of sp³-hybridized carbons (Fsp3) is 0. The van der Waals surface area contributed by atoms with Crippen molar-refractivity contribution in [3.8, 4) is 0 Å². The van der Waals surface area contributed by atoms with E-state index < -0.39 is 8.60 Å². The predicted octanol–water partition coefficient (Wildman–Crippen LogP) is -1.46. The topological polar surface area (TPSA) is 60.7 Å². The van der Waals surface area contributed by atoms with Crippen LogP contribution in [0.1, 0.15) is 0 Å². The molecule has 5 heavy (non-hydrogen) atoms. The van der Waals surface area contributed by atoms with E-state index in [4.69, 9.17) is 14.7 Å². The van der Waals surface area contributed by atoms with Crippen LogP contribution < -0.4 is 0 Å². The van der Waals surface area contributed by atoms with E-state index in [0.29, 0.717) is 0 Å². The molecule has 0 heterocycles. The van der Waals surface area contributed by atoms with Gasteiger partial charge >= 0.3 is 77.5 Å². The summed E-state index contributed by atoms with van der Waals surface area (Å²) in [5, 5.41) is 0. The van der Waals surface area contributed by atoms with Gasteiger partial charge in [-0.15, -0.1) is 0 Å². The van der Waals surface area contributed by atoms with Crippen molar-refractivity contribution < 1.29 is 14.7 Å². The van der Waals surface area contributed by atoms with Gasteiger partial charge in [-0.25, -0.2) is 0 Å². The van der Waals surface area contributed by atoms with E-state index in [2.05, 4.69) is 0 Å². The molecule has 0 aromatic heterocycles. The molecule has 0 aliphatic heterocycles. The molecule has 28 valence electrons. The van der Waals surface area contributed by atoms with Gasteiger partial charge in [0, 0.05) is 0 Å². The second-order valence-electron chi connectivity index (χ2n) is 0.268. The first kappa shape index (κ1) is 10.4. The van der Waals surface area contributed by atoms with Crippen molar-refractivity contribution >= 4 is 77.5 Å². The van der Waals surface area contributed by atoms with E-state index in [-0.39, 0.29) is 68.9 Å². The molecule has 0 aromatic carbocycles. The van der Waals surface area contributed by atoms with Crippen LogP contribution in [0.2, 0.25) is 0 Å². The van der Waals surface area contributed by atoms with Gasteiger partial charge in [0.25, 0.3) is 0 Å². The van der Waals surface area contributed by atoms with Crippen LogP contribution in [0.15, 0.2) is 0 Å². The van der Waals surface area contributed by atoms with Gasteiger partial charge in [-0.2, -0.15) is 0 Å². The van der Waals surface area contributed by atoms with Crippen LogP contribution in [0, 0.1) is 0 Å². The molecule has 0 spiro atoms. The van der Waals surface area contributed by atoms with Crippen LogP contribution in [0.5, 0.6) is 0 Å². The zero-order chi connectivity index (χ0) is 3.58. The molecule has 0 rings (SSSR count). The van der Waals surface area contributed by atoms with Crippen molar-refractivity contribution in [2.24, 2.45) is 0 Å². The van der Waals surface area contributed by atoms with Gasteiger partial charge in [-0.1, -0.05) is 0 Å². The van der Waals surface area contributed by atoms with Gasteiger partial charge in [0.15, 0.2) is 0 Å². The van der Waals surface area contributed by atoms with Crippen molar-refractivity contribution in [3.05, 3.63) is 0 Å². The summed E-state index contributed by atoms with van der Waals surface area (Å²) in [5.41, 5.74) is 0. The van der Waals surface area contributed by atoms with Gasteiger partial charge in [-0.05, 0) is 0 Å². The average Bonchev–Trinajstić information content (AvgIpc) is 0.811. The second-order valence-corrected chi connectivity index (χ2v) is 0.805. The summed E-state index contributed by atoms with van der Waals surface area (Å²) in [5.74, 6) is 0. The van der Waals surface area contributed by atoms with E-state index in [1.807, 2.05) is 0 Å². The molecule has 0 bridgehead atoms. The van der Waals surface area contributed by atoms with Gasteiger partial charge in [-0.3, -0.25) is 0 Å². The van der Waals surface area contributed by atoms with Crippen LogP contribution in [0.3, 0.4) is 0 Å². The zero-order valence-electron chi connectivity index (χ0n) is 1.79. The molecule has 0 radical (unpaired) electrons. The third-order valence-corrected chi connectivity index (χ3v) is 0. The van der Waals surface area contributed by atoms with Gasteiger partial charge in [0.2, 0.25) is 0 Å². The van der Waals surface area contributed by atoms with Crippen molar-refractivity contribution in [2.45, 2.75) is 0 Å². The van der Waals surface area contributed by atoms with E-state index in [1.54, 1.807) is 0 Å². The molecule has 0 atom stereocenters. The Morgan fingerprint density at radius 3 is 1.00 bits per heavy atom. The van der Waals surface area contributed by atoms with E-state index in [0.717, 1.165) is 0 Å². The normalized spacial score (nSPS) is 7.20. The van der Waals surface area contributed by atoms with Crippen molar-refractivity contribution in [1.82, 2.24) is 0 Å². The monoisotopic (exact) mass is 216 g/mol. The first-order valence-corrected chi connectivity index (χ1v) is 1.80. The Morgan fingerprint density at radius 2 is 1.00 bits per heavy atom. The maximum absolute atomic E-state index is 7.23. The van der Waals surface area contributed by atoms with E-state index in [9.17, 15) is 0 Å². The van der Waals surface area contributed by atoms with Gasteiger partial charge < -0.3 is 14.7 Å². The molecule has 0 aliphatic rings. The molecule has 3 nitrogen and oxygen atoms in total.